The van der Waals surface area contributed by atoms with Gasteiger partial charge >= 0.3 is 5.69 Å². The zero-order valence-electron chi connectivity index (χ0n) is 11.3. The van der Waals surface area contributed by atoms with Gasteiger partial charge in [-0.3, -0.25) is 19.9 Å². The summed E-state index contributed by atoms with van der Waals surface area (Å²) in [6, 6.07) is 7.17. The van der Waals surface area contributed by atoms with Crippen molar-refractivity contribution in [2.75, 3.05) is 11.4 Å². The third-order valence-electron chi connectivity index (χ3n) is 2.98. The summed E-state index contributed by atoms with van der Waals surface area (Å²) in [5.74, 6) is -1.13. The predicted molar refractivity (Wildman–Crippen MR) is 76.3 cm³/mol. The van der Waals surface area contributed by atoms with Crippen LogP contribution in [0.15, 0.2) is 42.7 Å². The van der Waals surface area contributed by atoms with E-state index in [1.807, 2.05) is 0 Å². The van der Waals surface area contributed by atoms with E-state index in [0.717, 1.165) is 6.07 Å². The zero-order valence-corrected chi connectivity index (χ0v) is 11.3. The molecule has 108 valence electrons. The zero-order chi connectivity index (χ0) is 15.4. The number of hydrogen-bond acceptors (Lipinski definition) is 5. The van der Waals surface area contributed by atoms with Crippen LogP contribution in [0.5, 0.6) is 5.75 Å². The number of carbonyl (C=O) groups is 1. The van der Waals surface area contributed by atoms with Crippen LogP contribution in [-0.2, 0) is 0 Å². The second-order valence-electron chi connectivity index (χ2n) is 4.19. The van der Waals surface area contributed by atoms with Crippen LogP contribution in [0, 0.1) is 10.1 Å². The van der Waals surface area contributed by atoms with E-state index in [9.17, 15) is 20.0 Å². The van der Waals surface area contributed by atoms with E-state index in [1.165, 1.54) is 17.0 Å². The Balaban J connectivity index is 2.44. The summed E-state index contributed by atoms with van der Waals surface area (Å²) in [4.78, 5) is 27.9. The SMILES string of the molecule is CCN(C(=O)c1cccc([N+](=O)[O-])c1O)c1ccncc1. The number of carbonyl (C=O) groups excluding carboxylic acids is 1. The molecule has 0 spiro atoms. The number of aromatic nitrogens is 1. The van der Waals surface area contributed by atoms with E-state index in [2.05, 4.69) is 4.98 Å². The number of para-hydroxylation sites is 1. The molecule has 0 saturated heterocycles. The summed E-state index contributed by atoms with van der Waals surface area (Å²) < 4.78 is 0. The molecule has 1 heterocycles. The van der Waals surface area contributed by atoms with Gasteiger partial charge in [0.05, 0.1) is 10.5 Å². The van der Waals surface area contributed by atoms with Gasteiger partial charge in [0.15, 0.2) is 0 Å². The van der Waals surface area contributed by atoms with Crippen LogP contribution in [0.4, 0.5) is 11.4 Å². The highest BCUT2D eigenvalue weighted by molar-refractivity contribution is 6.08. The van der Waals surface area contributed by atoms with Crippen molar-refractivity contribution in [3.8, 4) is 5.75 Å². The van der Waals surface area contributed by atoms with Gasteiger partial charge in [0.1, 0.15) is 0 Å². The molecule has 2 rings (SSSR count). The van der Waals surface area contributed by atoms with Crippen LogP contribution in [0.25, 0.3) is 0 Å². The average molecular weight is 287 g/mol. The Morgan fingerprint density at radius 2 is 2.00 bits per heavy atom. The van der Waals surface area contributed by atoms with Gasteiger partial charge in [-0.05, 0) is 25.1 Å². The molecule has 1 aromatic heterocycles. The van der Waals surface area contributed by atoms with E-state index in [4.69, 9.17) is 0 Å². The Morgan fingerprint density at radius 1 is 1.33 bits per heavy atom. The minimum Gasteiger partial charge on any atom is -0.502 e. The lowest BCUT2D eigenvalue weighted by molar-refractivity contribution is -0.385. The first-order chi connectivity index (χ1) is 10.1. The molecule has 7 nitrogen and oxygen atoms in total. The van der Waals surface area contributed by atoms with Gasteiger partial charge in [0.25, 0.3) is 5.91 Å². The molecule has 21 heavy (non-hydrogen) atoms. The van der Waals surface area contributed by atoms with Crippen molar-refractivity contribution < 1.29 is 14.8 Å². The number of rotatable bonds is 4. The topological polar surface area (TPSA) is 96.6 Å². The summed E-state index contributed by atoms with van der Waals surface area (Å²) in [5.41, 5.74) is -0.00194. The van der Waals surface area contributed by atoms with Crippen molar-refractivity contribution in [1.82, 2.24) is 4.98 Å². The van der Waals surface area contributed by atoms with Crippen molar-refractivity contribution in [3.05, 3.63) is 58.4 Å². The van der Waals surface area contributed by atoms with E-state index >= 15 is 0 Å². The molecule has 0 radical (unpaired) electrons. The van der Waals surface area contributed by atoms with Crippen molar-refractivity contribution in [2.24, 2.45) is 0 Å². The molecule has 1 aromatic carbocycles. The minimum atomic E-state index is -0.727. The quantitative estimate of drug-likeness (QED) is 0.687. The Labute approximate surface area is 120 Å². The molecule has 0 saturated carbocycles. The van der Waals surface area contributed by atoms with Gasteiger partial charge in [0.2, 0.25) is 5.75 Å². The lowest BCUT2D eigenvalue weighted by Crippen LogP contribution is -2.30. The van der Waals surface area contributed by atoms with Crippen LogP contribution in [0.1, 0.15) is 17.3 Å². The molecule has 2 aromatic rings. The summed E-state index contributed by atoms with van der Waals surface area (Å²) in [6.07, 6.45) is 3.08. The maximum atomic E-state index is 12.5. The Kier molecular flexibility index (Phi) is 4.13. The Bertz CT molecular complexity index is 673. The number of phenolic OH excluding ortho intramolecular Hbond substituents is 1. The molecule has 0 unspecified atom stereocenters. The highest BCUT2D eigenvalue weighted by Crippen LogP contribution is 2.31. The second kappa shape index (κ2) is 6.00. The number of benzene rings is 1. The maximum Gasteiger partial charge on any atom is 0.311 e. The average Bonchev–Trinajstić information content (AvgIpc) is 2.49. The number of anilines is 1. The first-order valence-electron chi connectivity index (χ1n) is 6.24. The third kappa shape index (κ3) is 2.81. The van der Waals surface area contributed by atoms with Gasteiger partial charge in [0, 0.05) is 30.7 Å². The largest absolute Gasteiger partial charge is 0.502 e. The van der Waals surface area contributed by atoms with Crippen molar-refractivity contribution in [1.29, 1.82) is 0 Å². The highest BCUT2D eigenvalue weighted by atomic mass is 16.6. The van der Waals surface area contributed by atoms with Crippen LogP contribution >= 0.6 is 0 Å². The van der Waals surface area contributed by atoms with Crippen LogP contribution < -0.4 is 4.90 Å². The van der Waals surface area contributed by atoms with Gasteiger partial charge in [-0.1, -0.05) is 6.07 Å². The summed E-state index contributed by atoms with van der Waals surface area (Å²) in [6.45, 7) is 2.12. The van der Waals surface area contributed by atoms with E-state index in [1.54, 1.807) is 31.5 Å². The number of nitro benzene ring substituents is 1. The standard InChI is InChI=1S/C14H13N3O4/c1-2-16(10-6-8-15-9-7-10)14(19)11-4-3-5-12(13(11)18)17(20)21/h3-9,18H,2H2,1H3. The number of nitro groups is 1. The van der Waals surface area contributed by atoms with E-state index in [-0.39, 0.29) is 5.56 Å². The minimum absolute atomic E-state index is 0.108. The fraction of sp³-hybridized carbons (Fsp3) is 0.143. The summed E-state index contributed by atoms with van der Waals surface area (Å²) >= 11 is 0. The fourth-order valence-electron chi connectivity index (χ4n) is 1.96. The van der Waals surface area contributed by atoms with Crippen LogP contribution in [0.2, 0.25) is 0 Å². The number of amides is 1. The first kappa shape index (κ1) is 14.4. The molecule has 0 bridgehead atoms. The third-order valence-corrected chi connectivity index (χ3v) is 2.98. The van der Waals surface area contributed by atoms with Crippen molar-refractivity contribution >= 4 is 17.3 Å². The number of hydrogen-bond donors (Lipinski definition) is 1. The van der Waals surface area contributed by atoms with E-state index < -0.39 is 22.3 Å². The molecular weight excluding hydrogens is 274 g/mol. The van der Waals surface area contributed by atoms with Crippen molar-refractivity contribution in [2.45, 2.75) is 6.92 Å². The number of nitrogens with zero attached hydrogens (tertiary/aromatic N) is 3. The Morgan fingerprint density at radius 3 is 2.57 bits per heavy atom. The molecule has 0 atom stereocenters. The first-order valence-corrected chi connectivity index (χ1v) is 6.24. The summed E-state index contributed by atoms with van der Waals surface area (Å²) in [7, 11) is 0. The van der Waals surface area contributed by atoms with Crippen LogP contribution in [0.3, 0.4) is 0 Å². The lowest BCUT2D eigenvalue weighted by Gasteiger charge is -2.21. The molecule has 1 N–H and O–H groups in total. The van der Waals surface area contributed by atoms with Gasteiger partial charge in [-0.2, -0.15) is 0 Å². The van der Waals surface area contributed by atoms with Gasteiger partial charge < -0.3 is 10.0 Å². The molecule has 1 amide bonds. The molecule has 7 heteroatoms. The highest BCUT2D eigenvalue weighted by Gasteiger charge is 2.24. The van der Waals surface area contributed by atoms with Crippen molar-refractivity contribution in [3.63, 3.8) is 0 Å². The molecule has 0 aliphatic heterocycles. The molecular formula is C14H13N3O4. The van der Waals surface area contributed by atoms with E-state index in [0.29, 0.717) is 12.2 Å². The molecule has 0 aliphatic rings. The van der Waals surface area contributed by atoms with Gasteiger partial charge in [-0.15, -0.1) is 0 Å². The fourth-order valence-corrected chi connectivity index (χ4v) is 1.96. The Hall–Kier alpha value is -2.96. The number of phenols is 1. The summed E-state index contributed by atoms with van der Waals surface area (Å²) in [5, 5.41) is 20.7. The predicted octanol–water partition coefficient (Wildman–Crippen LogP) is 2.36. The molecule has 0 fully saturated rings. The number of pyridine rings is 1. The smallest absolute Gasteiger partial charge is 0.311 e. The second-order valence-corrected chi connectivity index (χ2v) is 4.19. The molecule has 0 aliphatic carbocycles. The monoisotopic (exact) mass is 287 g/mol. The lowest BCUT2D eigenvalue weighted by atomic mass is 10.1. The number of aromatic hydroxyl groups is 1. The van der Waals surface area contributed by atoms with Crippen LogP contribution in [-0.4, -0.2) is 27.5 Å². The van der Waals surface area contributed by atoms with Gasteiger partial charge in [-0.25, -0.2) is 0 Å². The normalized spacial score (nSPS) is 10.1. The maximum absolute atomic E-state index is 12.5.